The van der Waals surface area contributed by atoms with Crippen molar-refractivity contribution >= 4 is 15.9 Å². The Bertz CT molecular complexity index is 395. The number of nitrogens with zero attached hydrogens (tertiary/aromatic N) is 2. The number of aliphatic hydroxyl groups is 1. The molecule has 1 atom stereocenters. The van der Waals surface area contributed by atoms with Crippen LogP contribution in [0.4, 0.5) is 0 Å². The van der Waals surface area contributed by atoms with Crippen molar-refractivity contribution < 1.29 is 5.11 Å². The predicted molar refractivity (Wildman–Crippen MR) is 81.1 cm³/mol. The van der Waals surface area contributed by atoms with E-state index in [0.717, 1.165) is 16.6 Å². The van der Waals surface area contributed by atoms with E-state index in [-0.39, 0.29) is 6.04 Å². The van der Waals surface area contributed by atoms with Gasteiger partial charge in [-0.3, -0.25) is 4.68 Å². The van der Waals surface area contributed by atoms with Gasteiger partial charge < -0.3 is 5.11 Å². The maximum atomic E-state index is 10.6. The highest BCUT2D eigenvalue weighted by molar-refractivity contribution is 9.10. The van der Waals surface area contributed by atoms with Gasteiger partial charge in [-0.1, -0.05) is 38.5 Å². The highest BCUT2D eigenvalue weighted by Crippen LogP contribution is 2.34. The second kappa shape index (κ2) is 6.89. The lowest BCUT2D eigenvalue weighted by Gasteiger charge is -2.21. The van der Waals surface area contributed by atoms with E-state index < -0.39 is 6.10 Å². The molecule has 0 spiro atoms. The van der Waals surface area contributed by atoms with E-state index >= 15 is 0 Å². The van der Waals surface area contributed by atoms with Crippen LogP contribution >= 0.6 is 15.9 Å². The zero-order valence-corrected chi connectivity index (χ0v) is 13.6. The number of aromatic nitrogens is 2. The van der Waals surface area contributed by atoms with Gasteiger partial charge >= 0.3 is 0 Å². The third-order valence-electron chi connectivity index (χ3n) is 4.12. The number of halogens is 1. The average Bonchev–Trinajstić information content (AvgIpc) is 2.58. The largest absolute Gasteiger partial charge is 0.387 e. The van der Waals surface area contributed by atoms with Crippen LogP contribution in [0, 0.1) is 5.92 Å². The Labute approximate surface area is 124 Å². The van der Waals surface area contributed by atoms with Crippen molar-refractivity contribution in [1.82, 2.24) is 9.78 Å². The lowest BCUT2D eigenvalue weighted by Crippen LogP contribution is -2.14. The van der Waals surface area contributed by atoms with Crippen LogP contribution in [0.3, 0.4) is 0 Å². The first-order chi connectivity index (χ1) is 9.09. The van der Waals surface area contributed by atoms with Crippen molar-refractivity contribution in [1.29, 1.82) is 0 Å². The van der Waals surface area contributed by atoms with Gasteiger partial charge in [-0.25, -0.2) is 0 Å². The fourth-order valence-electron chi connectivity index (χ4n) is 3.10. The Morgan fingerprint density at radius 3 is 2.53 bits per heavy atom. The van der Waals surface area contributed by atoms with E-state index in [0.29, 0.717) is 5.92 Å². The molecule has 108 valence electrons. The van der Waals surface area contributed by atoms with Crippen molar-refractivity contribution in [3.05, 3.63) is 16.4 Å². The summed E-state index contributed by atoms with van der Waals surface area (Å²) in [4.78, 5) is 0. The van der Waals surface area contributed by atoms with Gasteiger partial charge in [0, 0.05) is 6.04 Å². The van der Waals surface area contributed by atoms with E-state index in [4.69, 9.17) is 0 Å². The minimum Gasteiger partial charge on any atom is -0.387 e. The lowest BCUT2D eigenvalue weighted by molar-refractivity contribution is 0.127. The summed E-state index contributed by atoms with van der Waals surface area (Å²) >= 11 is 3.52. The molecule has 0 aromatic carbocycles. The van der Waals surface area contributed by atoms with Gasteiger partial charge in [0.25, 0.3) is 0 Å². The first-order valence-electron chi connectivity index (χ1n) is 7.50. The molecule has 0 radical (unpaired) electrons. The molecule has 1 unspecified atom stereocenters. The van der Waals surface area contributed by atoms with Crippen LogP contribution in [0.5, 0.6) is 0 Å². The molecule has 0 amide bonds. The normalized spacial score (nSPS) is 19.6. The first kappa shape index (κ1) is 15.0. The van der Waals surface area contributed by atoms with Gasteiger partial charge in [0.1, 0.15) is 0 Å². The van der Waals surface area contributed by atoms with Crippen LogP contribution in [0.25, 0.3) is 0 Å². The summed E-state index contributed by atoms with van der Waals surface area (Å²) in [6.07, 6.45) is 10.2. The fraction of sp³-hybridized carbons (Fsp3) is 0.800. The zero-order chi connectivity index (χ0) is 13.8. The Morgan fingerprint density at radius 2 is 1.95 bits per heavy atom. The summed E-state index contributed by atoms with van der Waals surface area (Å²) in [7, 11) is 0. The topological polar surface area (TPSA) is 38.0 Å². The molecule has 1 N–H and O–H groups in total. The molecule has 4 heteroatoms. The number of aliphatic hydroxyl groups excluding tert-OH is 1. The molecule has 0 aliphatic heterocycles. The van der Waals surface area contributed by atoms with E-state index in [1.165, 1.54) is 38.5 Å². The third kappa shape index (κ3) is 3.82. The van der Waals surface area contributed by atoms with Crippen molar-refractivity contribution in [2.45, 2.75) is 70.9 Å². The smallest absolute Gasteiger partial charge is 0.0970 e. The van der Waals surface area contributed by atoms with Gasteiger partial charge in [-0.15, -0.1) is 0 Å². The van der Waals surface area contributed by atoms with Crippen LogP contribution in [0.1, 0.15) is 76.6 Å². The van der Waals surface area contributed by atoms with E-state index in [9.17, 15) is 5.11 Å². The molecule has 2 rings (SSSR count). The standard InChI is InChI=1S/C15H25BrN2O/c1-11(2)18-15(13(16)10-17-18)14(19)9-12-7-5-3-4-6-8-12/h10-12,14,19H,3-9H2,1-2H3. The van der Waals surface area contributed by atoms with Crippen LogP contribution in [-0.2, 0) is 0 Å². The fourth-order valence-corrected chi connectivity index (χ4v) is 3.64. The Morgan fingerprint density at radius 1 is 1.32 bits per heavy atom. The molecule has 1 aliphatic carbocycles. The minimum atomic E-state index is -0.401. The van der Waals surface area contributed by atoms with E-state index in [1.54, 1.807) is 6.20 Å². The summed E-state index contributed by atoms with van der Waals surface area (Å²) in [5, 5.41) is 14.9. The monoisotopic (exact) mass is 328 g/mol. The number of hydrogen-bond acceptors (Lipinski definition) is 2. The molecular formula is C15H25BrN2O. The lowest BCUT2D eigenvalue weighted by atomic mass is 9.92. The second-order valence-electron chi connectivity index (χ2n) is 6.03. The van der Waals surface area contributed by atoms with Crippen molar-refractivity contribution in [3.63, 3.8) is 0 Å². The molecule has 1 saturated carbocycles. The molecule has 19 heavy (non-hydrogen) atoms. The quantitative estimate of drug-likeness (QED) is 0.819. The van der Waals surface area contributed by atoms with Crippen LogP contribution in [0.15, 0.2) is 10.7 Å². The van der Waals surface area contributed by atoms with Crippen LogP contribution in [0.2, 0.25) is 0 Å². The first-order valence-corrected chi connectivity index (χ1v) is 8.30. The minimum absolute atomic E-state index is 0.282. The third-order valence-corrected chi connectivity index (χ3v) is 4.73. The number of hydrogen-bond donors (Lipinski definition) is 1. The van der Waals surface area contributed by atoms with Gasteiger partial charge in [-0.05, 0) is 42.1 Å². The summed E-state index contributed by atoms with van der Waals surface area (Å²) in [5.41, 5.74) is 0.944. The predicted octanol–water partition coefficient (Wildman–Crippen LogP) is 4.62. The molecule has 1 aromatic rings. The molecule has 1 aromatic heterocycles. The van der Waals surface area contributed by atoms with Gasteiger partial charge in [0.05, 0.1) is 22.5 Å². The Balaban J connectivity index is 2.06. The molecule has 0 saturated heterocycles. The van der Waals surface area contributed by atoms with Crippen molar-refractivity contribution in [2.24, 2.45) is 5.92 Å². The average molecular weight is 329 g/mol. The Hall–Kier alpha value is -0.350. The zero-order valence-electron chi connectivity index (χ0n) is 12.0. The maximum Gasteiger partial charge on any atom is 0.0970 e. The van der Waals surface area contributed by atoms with Crippen LogP contribution in [-0.4, -0.2) is 14.9 Å². The van der Waals surface area contributed by atoms with Gasteiger partial charge in [-0.2, -0.15) is 5.10 Å². The molecule has 1 heterocycles. The second-order valence-corrected chi connectivity index (χ2v) is 6.88. The molecule has 1 fully saturated rings. The Kier molecular flexibility index (Phi) is 5.46. The molecule has 0 bridgehead atoms. The van der Waals surface area contributed by atoms with E-state index in [2.05, 4.69) is 34.9 Å². The molecule has 3 nitrogen and oxygen atoms in total. The highest BCUT2D eigenvalue weighted by atomic mass is 79.9. The number of rotatable bonds is 4. The highest BCUT2D eigenvalue weighted by Gasteiger charge is 2.23. The van der Waals surface area contributed by atoms with Crippen molar-refractivity contribution in [2.75, 3.05) is 0 Å². The summed E-state index contributed by atoms with van der Waals surface area (Å²) < 4.78 is 2.87. The van der Waals surface area contributed by atoms with Crippen molar-refractivity contribution in [3.8, 4) is 0 Å². The SMILES string of the molecule is CC(C)n1ncc(Br)c1C(O)CC1CCCCCC1. The molecule has 1 aliphatic rings. The van der Waals surface area contributed by atoms with Gasteiger partial charge in [0.15, 0.2) is 0 Å². The molecular weight excluding hydrogens is 304 g/mol. The summed E-state index contributed by atoms with van der Waals surface area (Å²) in [6, 6.07) is 0.282. The maximum absolute atomic E-state index is 10.6. The van der Waals surface area contributed by atoms with Crippen LogP contribution < -0.4 is 0 Å². The summed E-state index contributed by atoms with van der Waals surface area (Å²) in [6.45, 7) is 4.20. The summed E-state index contributed by atoms with van der Waals surface area (Å²) in [5.74, 6) is 0.667. The van der Waals surface area contributed by atoms with E-state index in [1.807, 2.05) is 4.68 Å². The van der Waals surface area contributed by atoms with Gasteiger partial charge in [0.2, 0.25) is 0 Å².